The van der Waals surface area contributed by atoms with Gasteiger partial charge >= 0.3 is 0 Å². The van der Waals surface area contributed by atoms with E-state index in [1.165, 1.54) is 91.0 Å². The summed E-state index contributed by atoms with van der Waals surface area (Å²) in [6, 6.07) is 1.76. The third kappa shape index (κ3) is 3.35. The molecule has 3 aliphatic heterocycles. The predicted octanol–water partition coefficient (Wildman–Crippen LogP) is 1.18. The molecule has 0 aromatic heterocycles. The molecule has 0 amide bonds. The molecule has 1 saturated carbocycles. The van der Waals surface area contributed by atoms with E-state index in [-0.39, 0.29) is 0 Å². The standard InChI is InChI=1S/C18H34N4/c1-19-4-2-6-21-10-11-22-7-3-5-20(9-8-19)15-16-12-17(21)14-18(22)13-16/h16-18H,2-15H2,1H3. The van der Waals surface area contributed by atoms with Crippen LogP contribution in [0, 0.1) is 5.92 Å². The molecule has 4 rings (SSSR count). The minimum Gasteiger partial charge on any atom is -0.305 e. The normalized spacial score (nSPS) is 42.4. The molecule has 3 saturated heterocycles. The molecule has 4 aliphatic rings. The SMILES string of the molecule is CN1CCCN2CCN3CCCN(CC1)CC1CC2CC3C1. The van der Waals surface area contributed by atoms with Crippen LogP contribution in [0.1, 0.15) is 32.1 Å². The second-order valence-corrected chi connectivity index (χ2v) is 8.26. The lowest BCUT2D eigenvalue weighted by atomic mass is 9.81. The highest BCUT2D eigenvalue weighted by Gasteiger charge is 2.38. The van der Waals surface area contributed by atoms with Crippen molar-refractivity contribution >= 4 is 0 Å². The quantitative estimate of drug-likeness (QED) is 0.666. The molecule has 0 aromatic rings. The van der Waals surface area contributed by atoms with Gasteiger partial charge in [0, 0.05) is 44.8 Å². The molecule has 4 bridgehead atoms. The van der Waals surface area contributed by atoms with Crippen molar-refractivity contribution in [1.29, 1.82) is 0 Å². The van der Waals surface area contributed by atoms with E-state index in [0.717, 1.165) is 18.0 Å². The second kappa shape index (κ2) is 6.76. The molecule has 4 fully saturated rings. The molecule has 4 atom stereocenters. The number of nitrogens with zero attached hydrogens (tertiary/aromatic N) is 4. The van der Waals surface area contributed by atoms with Crippen LogP contribution in [0.4, 0.5) is 0 Å². The largest absolute Gasteiger partial charge is 0.305 e. The first-order valence-corrected chi connectivity index (χ1v) is 9.67. The molecule has 0 radical (unpaired) electrons. The lowest BCUT2D eigenvalue weighted by molar-refractivity contribution is 0.0936. The van der Waals surface area contributed by atoms with Crippen LogP contribution in [-0.2, 0) is 0 Å². The van der Waals surface area contributed by atoms with Crippen molar-refractivity contribution in [1.82, 2.24) is 19.6 Å². The molecular weight excluding hydrogens is 272 g/mol. The average molecular weight is 306 g/mol. The first-order valence-electron chi connectivity index (χ1n) is 9.67. The van der Waals surface area contributed by atoms with E-state index in [1.54, 1.807) is 0 Å². The highest BCUT2D eigenvalue weighted by atomic mass is 15.3. The van der Waals surface area contributed by atoms with Gasteiger partial charge in [-0.05, 0) is 71.2 Å². The topological polar surface area (TPSA) is 13.0 Å². The third-order valence-corrected chi connectivity index (χ3v) is 6.68. The molecule has 4 unspecified atom stereocenters. The van der Waals surface area contributed by atoms with E-state index in [1.807, 2.05) is 0 Å². The highest BCUT2D eigenvalue weighted by Crippen LogP contribution is 2.34. The number of hydrogen-bond donors (Lipinski definition) is 0. The van der Waals surface area contributed by atoms with Crippen molar-refractivity contribution in [2.24, 2.45) is 5.92 Å². The summed E-state index contributed by atoms with van der Waals surface area (Å²) in [5.74, 6) is 0.940. The van der Waals surface area contributed by atoms with Gasteiger partial charge in [-0.1, -0.05) is 0 Å². The second-order valence-electron chi connectivity index (χ2n) is 8.26. The summed E-state index contributed by atoms with van der Waals surface area (Å²) in [6.45, 7) is 11.8. The van der Waals surface area contributed by atoms with Crippen LogP contribution in [0.5, 0.6) is 0 Å². The summed E-state index contributed by atoms with van der Waals surface area (Å²) in [5.41, 5.74) is 0. The fourth-order valence-electron chi connectivity index (χ4n) is 5.45. The Kier molecular flexibility index (Phi) is 4.72. The van der Waals surface area contributed by atoms with E-state index in [0.29, 0.717) is 0 Å². The van der Waals surface area contributed by atoms with Crippen molar-refractivity contribution in [3.63, 3.8) is 0 Å². The van der Waals surface area contributed by atoms with Crippen LogP contribution < -0.4 is 0 Å². The fraction of sp³-hybridized carbons (Fsp3) is 1.00. The van der Waals surface area contributed by atoms with E-state index in [2.05, 4.69) is 26.6 Å². The van der Waals surface area contributed by atoms with Crippen LogP contribution in [0.3, 0.4) is 0 Å². The Balaban J connectivity index is 1.60. The first-order chi connectivity index (χ1) is 10.8. The molecule has 0 spiro atoms. The van der Waals surface area contributed by atoms with Crippen molar-refractivity contribution in [2.45, 2.75) is 44.2 Å². The molecule has 4 nitrogen and oxygen atoms in total. The van der Waals surface area contributed by atoms with Gasteiger partial charge in [-0.2, -0.15) is 0 Å². The minimum atomic E-state index is 0.874. The van der Waals surface area contributed by atoms with Gasteiger partial charge in [-0.3, -0.25) is 9.80 Å². The van der Waals surface area contributed by atoms with Gasteiger partial charge in [-0.25, -0.2) is 0 Å². The summed E-state index contributed by atoms with van der Waals surface area (Å²) >= 11 is 0. The zero-order valence-corrected chi connectivity index (χ0v) is 14.4. The van der Waals surface area contributed by atoms with Crippen molar-refractivity contribution in [3.05, 3.63) is 0 Å². The summed E-state index contributed by atoms with van der Waals surface area (Å²) in [6.07, 6.45) is 7.11. The molecule has 0 aromatic carbocycles. The Morgan fingerprint density at radius 1 is 0.636 bits per heavy atom. The van der Waals surface area contributed by atoms with Crippen molar-refractivity contribution < 1.29 is 0 Å². The number of fused-ring (bicyclic) bond motifs is 1. The molecule has 126 valence electrons. The van der Waals surface area contributed by atoms with Gasteiger partial charge in [-0.15, -0.1) is 0 Å². The van der Waals surface area contributed by atoms with Crippen LogP contribution in [-0.4, -0.2) is 97.6 Å². The van der Waals surface area contributed by atoms with E-state index < -0.39 is 0 Å². The predicted molar refractivity (Wildman–Crippen MR) is 91.2 cm³/mol. The van der Waals surface area contributed by atoms with Gasteiger partial charge in [0.05, 0.1) is 0 Å². The third-order valence-electron chi connectivity index (χ3n) is 6.68. The number of likely N-dealkylation sites (N-methyl/N-ethyl adjacent to an activating group) is 1. The molecule has 4 heteroatoms. The number of hydrogen-bond acceptors (Lipinski definition) is 4. The summed E-state index contributed by atoms with van der Waals surface area (Å²) in [4.78, 5) is 11.1. The summed E-state index contributed by atoms with van der Waals surface area (Å²) in [5, 5.41) is 0. The molecular formula is C18H34N4. The fourth-order valence-corrected chi connectivity index (χ4v) is 5.45. The highest BCUT2D eigenvalue weighted by molar-refractivity contribution is 4.94. The van der Waals surface area contributed by atoms with Gasteiger partial charge in [0.15, 0.2) is 0 Å². The maximum atomic E-state index is 2.86. The smallest absolute Gasteiger partial charge is 0.0114 e. The lowest BCUT2D eigenvalue weighted by Gasteiger charge is -2.41. The average Bonchev–Trinajstić information content (AvgIpc) is 2.58. The van der Waals surface area contributed by atoms with Crippen LogP contribution in [0.25, 0.3) is 0 Å². The van der Waals surface area contributed by atoms with Crippen molar-refractivity contribution in [2.75, 3.05) is 66.0 Å². The van der Waals surface area contributed by atoms with Crippen LogP contribution >= 0.6 is 0 Å². The molecule has 1 aliphatic carbocycles. The summed E-state index contributed by atoms with van der Waals surface area (Å²) in [7, 11) is 2.32. The lowest BCUT2D eigenvalue weighted by Crippen LogP contribution is -2.46. The first kappa shape index (κ1) is 15.4. The maximum Gasteiger partial charge on any atom is 0.0114 e. The Morgan fingerprint density at radius 3 is 2.05 bits per heavy atom. The Labute approximate surface area is 136 Å². The van der Waals surface area contributed by atoms with E-state index >= 15 is 0 Å². The minimum absolute atomic E-state index is 0.874. The zero-order chi connectivity index (χ0) is 14.9. The number of rotatable bonds is 0. The van der Waals surface area contributed by atoms with E-state index in [4.69, 9.17) is 0 Å². The Morgan fingerprint density at radius 2 is 1.32 bits per heavy atom. The van der Waals surface area contributed by atoms with Gasteiger partial charge < -0.3 is 9.80 Å². The van der Waals surface area contributed by atoms with Gasteiger partial charge in [0.1, 0.15) is 0 Å². The Hall–Kier alpha value is -0.160. The van der Waals surface area contributed by atoms with Gasteiger partial charge in [0.2, 0.25) is 0 Å². The monoisotopic (exact) mass is 306 g/mol. The van der Waals surface area contributed by atoms with Crippen molar-refractivity contribution in [3.8, 4) is 0 Å². The van der Waals surface area contributed by atoms with Crippen LogP contribution in [0.15, 0.2) is 0 Å². The maximum absolute atomic E-state index is 2.86. The molecule has 0 N–H and O–H groups in total. The van der Waals surface area contributed by atoms with E-state index in [9.17, 15) is 0 Å². The van der Waals surface area contributed by atoms with Crippen LogP contribution in [0.2, 0.25) is 0 Å². The van der Waals surface area contributed by atoms with Gasteiger partial charge in [0.25, 0.3) is 0 Å². The Bertz CT molecular complexity index is 374. The summed E-state index contributed by atoms with van der Waals surface area (Å²) < 4.78 is 0. The molecule has 22 heavy (non-hydrogen) atoms. The zero-order valence-electron chi connectivity index (χ0n) is 14.4. The molecule has 3 heterocycles.